The molecule has 0 radical (unpaired) electrons. The molecule has 0 aliphatic rings. The van der Waals surface area contributed by atoms with Gasteiger partial charge in [-0.1, -0.05) is 6.07 Å². The molecule has 0 fully saturated rings. The van der Waals surface area contributed by atoms with Gasteiger partial charge in [0.05, 0.1) is 11.7 Å². The molecule has 0 aromatic carbocycles. The van der Waals surface area contributed by atoms with Gasteiger partial charge in [0.25, 0.3) is 11.5 Å². The van der Waals surface area contributed by atoms with Gasteiger partial charge in [-0.05, 0) is 11.4 Å². The molecule has 0 spiro atoms. The van der Waals surface area contributed by atoms with Crippen LogP contribution in [0.25, 0.3) is 20.7 Å². The zero-order valence-corrected chi connectivity index (χ0v) is 15.5. The molecule has 4 heterocycles. The molecule has 1 amide bonds. The van der Waals surface area contributed by atoms with E-state index in [1.54, 1.807) is 15.9 Å². The molecule has 0 bridgehead atoms. The van der Waals surface area contributed by atoms with Gasteiger partial charge in [-0.3, -0.25) is 14.2 Å². The number of thiophene rings is 2. The van der Waals surface area contributed by atoms with Gasteiger partial charge in [0.2, 0.25) is 0 Å². The second kappa shape index (κ2) is 6.51. The van der Waals surface area contributed by atoms with Crippen LogP contribution < -0.4 is 10.4 Å². The minimum absolute atomic E-state index is 0.126. The predicted molar refractivity (Wildman–Crippen MR) is 101 cm³/mol. The first-order valence-corrected chi connectivity index (χ1v) is 9.95. The second-order valence-electron chi connectivity index (χ2n) is 5.29. The zero-order chi connectivity index (χ0) is 17.4. The van der Waals surface area contributed by atoms with E-state index in [0.29, 0.717) is 15.0 Å². The Morgan fingerprint density at radius 2 is 2.16 bits per heavy atom. The van der Waals surface area contributed by atoms with Crippen molar-refractivity contribution in [3.05, 3.63) is 56.0 Å². The largest absolute Gasteiger partial charge is 0.327 e. The van der Waals surface area contributed by atoms with Crippen molar-refractivity contribution in [3.8, 4) is 10.4 Å². The molecule has 0 saturated carbocycles. The van der Waals surface area contributed by atoms with Crippen LogP contribution in [-0.2, 0) is 18.4 Å². The summed E-state index contributed by atoms with van der Waals surface area (Å²) in [6.45, 7) is -0.126. The highest BCUT2D eigenvalue weighted by atomic mass is 32.1. The van der Waals surface area contributed by atoms with Crippen molar-refractivity contribution in [2.45, 2.75) is 6.54 Å². The number of aryl methyl sites for hydroxylation is 1. The first-order chi connectivity index (χ1) is 12.1. The van der Waals surface area contributed by atoms with Crippen LogP contribution in [0.4, 0.5) is 0 Å². The molecule has 6 nitrogen and oxygen atoms in total. The molecule has 25 heavy (non-hydrogen) atoms. The molecule has 4 rings (SSSR count). The van der Waals surface area contributed by atoms with Crippen molar-refractivity contribution in [3.63, 3.8) is 0 Å². The first kappa shape index (κ1) is 16.1. The Bertz CT molecular complexity index is 1180. The van der Waals surface area contributed by atoms with Gasteiger partial charge in [0.1, 0.15) is 11.4 Å². The first-order valence-electron chi connectivity index (χ1n) is 7.31. The quantitative estimate of drug-likeness (QED) is 0.542. The van der Waals surface area contributed by atoms with Crippen molar-refractivity contribution in [1.29, 1.82) is 0 Å². The van der Waals surface area contributed by atoms with Gasteiger partial charge < -0.3 is 4.57 Å². The van der Waals surface area contributed by atoms with Crippen molar-refractivity contribution < 1.29 is 4.79 Å². The smallest absolute Gasteiger partial charge is 0.268 e. The maximum absolute atomic E-state index is 12.8. The number of carbonyl (C=O) groups excluding carboxylic acids is 1. The number of carbonyl (C=O) groups is 1. The molecular formula is C16H12N4O2S3. The van der Waals surface area contributed by atoms with Crippen molar-refractivity contribution >= 4 is 50.1 Å². The topological polar surface area (TPSA) is 69.2 Å². The molecule has 9 heteroatoms. The second-order valence-corrected chi connectivity index (χ2v) is 7.97. The van der Waals surface area contributed by atoms with E-state index in [9.17, 15) is 9.59 Å². The lowest BCUT2D eigenvalue weighted by molar-refractivity contribution is -0.118. The van der Waals surface area contributed by atoms with E-state index in [1.807, 2.05) is 41.5 Å². The molecule has 4 aromatic heterocycles. The molecule has 0 saturated heterocycles. The third-order valence-electron chi connectivity index (χ3n) is 3.63. The molecule has 0 aliphatic carbocycles. The minimum Gasteiger partial charge on any atom is -0.327 e. The number of fused-ring (bicyclic) bond motifs is 1. The summed E-state index contributed by atoms with van der Waals surface area (Å²) in [6.07, 6.45) is 3.25. The number of amides is 1. The van der Waals surface area contributed by atoms with Gasteiger partial charge in [-0.2, -0.15) is 4.99 Å². The van der Waals surface area contributed by atoms with Gasteiger partial charge in [0.15, 0.2) is 4.80 Å². The highest BCUT2D eigenvalue weighted by molar-refractivity contribution is 7.18. The highest BCUT2D eigenvalue weighted by Crippen LogP contribution is 2.33. The monoisotopic (exact) mass is 388 g/mol. The molecule has 0 unspecified atom stereocenters. The summed E-state index contributed by atoms with van der Waals surface area (Å²) in [5.74, 6) is -0.380. The summed E-state index contributed by atoms with van der Waals surface area (Å²) in [7, 11) is 1.82. The number of aromatic nitrogens is 3. The number of rotatable bonds is 3. The third kappa shape index (κ3) is 3.01. The Labute approximate surface area is 154 Å². The fourth-order valence-electron chi connectivity index (χ4n) is 2.42. The van der Waals surface area contributed by atoms with Crippen LogP contribution >= 0.6 is 34.0 Å². The van der Waals surface area contributed by atoms with E-state index in [4.69, 9.17) is 0 Å². The Hall–Kier alpha value is -2.36. The fourth-order valence-corrected chi connectivity index (χ4v) is 4.88. The fraction of sp³-hybridized carbons (Fsp3) is 0.125. The Balaban J connectivity index is 1.75. The molecule has 0 aliphatic heterocycles. The van der Waals surface area contributed by atoms with E-state index in [2.05, 4.69) is 9.98 Å². The Kier molecular flexibility index (Phi) is 4.20. The summed E-state index contributed by atoms with van der Waals surface area (Å²) in [6, 6.07) is 3.92. The Morgan fingerprint density at radius 1 is 1.28 bits per heavy atom. The predicted octanol–water partition coefficient (Wildman–Crippen LogP) is 2.71. The molecule has 126 valence electrons. The average molecular weight is 388 g/mol. The van der Waals surface area contributed by atoms with Crippen LogP contribution in [-0.4, -0.2) is 20.0 Å². The molecule has 0 N–H and O–H groups in total. The lowest BCUT2D eigenvalue weighted by atomic mass is 10.2. The van der Waals surface area contributed by atoms with Crippen LogP contribution in [0.2, 0.25) is 0 Å². The van der Waals surface area contributed by atoms with Crippen molar-refractivity contribution in [2.75, 3.05) is 0 Å². The lowest BCUT2D eigenvalue weighted by Gasteiger charge is -2.03. The molecule has 0 atom stereocenters. The average Bonchev–Trinajstić information content (AvgIpc) is 3.31. The zero-order valence-electron chi connectivity index (χ0n) is 13.1. The lowest BCUT2D eigenvalue weighted by Crippen LogP contribution is -2.25. The number of thiazole rings is 1. The number of hydrogen-bond donors (Lipinski definition) is 0. The maximum atomic E-state index is 12.8. The van der Waals surface area contributed by atoms with Crippen LogP contribution in [0.15, 0.2) is 50.6 Å². The Morgan fingerprint density at radius 3 is 2.88 bits per heavy atom. The van der Waals surface area contributed by atoms with Crippen LogP contribution in [0.3, 0.4) is 0 Å². The molecular weight excluding hydrogens is 376 g/mol. The SMILES string of the molecule is Cn1ccsc1=NC(=O)Cn1cnc2scc(-c3cccs3)c2c1=O. The molecule has 4 aromatic rings. The maximum Gasteiger partial charge on any atom is 0.268 e. The third-order valence-corrected chi connectivity index (χ3v) is 6.27. The van der Waals surface area contributed by atoms with Crippen molar-refractivity contribution in [2.24, 2.45) is 12.0 Å². The number of nitrogens with zero attached hydrogens (tertiary/aromatic N) is 4. The summed E-state index contributed by atoms with van der Waals surface area (Å²) >= 11 is 4.38. The standard InChI is InChI=1S/C16H12N4O2S3/c1-19-4-6-24-16(19)18-12(21)7-20-9-17-14-13(15(20)22)10(8-25-14)11-3-2-5-23-11/h2-6,8-9H,7H2,1H3. The number of hydrogen-bond acceptors (Lipinski definition) is 6. The van der Waals surface area contributed by atoms with Gasteiger partial charge >= 0.3 is 0 Å². The normalized spacial score (nSPS) is 12.1. The van der Waals surface area contributed by atoms with Gasteiger partial charge in [-0.15, -0.1) is 34.0 Å². The van der Waals surface area contributed by atoms with E-state index in [0.717, 1.165) is 10.4 Å². The summed E-state index contributed by atoms with van der Waals surface area (Å²) in [5.41, 5.74) is 0.657. The van der Waals surface area contributed by atoms with Crippen LogP contribution in [0.1, 0.15) is 0 Å². The summed E-state index contributed by atoms with van der Waals surface area (Å²) in [5, 5.41) is 6.32. The van der Waals surface area contributed by atoms with Crippen LogP contribution in [0, 0.1) is 0 Å². The van der Waals surface area contributed by atoms with Crippen molar-refractivity contribution in [1.82, 2.24) is 14.1 Å². The van der Waals surface area contributed by atoms with Crippen LogP contribution in [0.5, 0.6) is 0 Å². The van der Waals surface area contributed by atoms with E-state index in [-0.39, 0.29) is 18.0 Å². The summed E-state index contributed by atoms with van der Waals surface area (Å²) in [4.78, 5) is 35.7. The van der Waals surface area contributed by atoms with E-state index in [1.165, 1.54) is 33.6 Å². The van der Waals surface area contributed by atoms with Gasteiger partial charge in [-0.25, -0.2) is 4.98 Å². The van der Waals surface area contributed by atoms with E-state index >= 15 is 0 Å². The van der Waals surface area contributed by atoms with Gasteiger partial charge in [0, 0.05) is 34.4 Å². The minimum atomic E-state index is -0.380. The summed E-state index contributed by atoms with van der Waals surface area (Å²) < 4.78 is 3.09. The van der Waals surface area contributed by atoms with E-state index < -0.39 is 0 Å². The highest BCUT2D eigenvalue weighted by Gasteiger charge is 2.15.